The van der Waals surface area contributed by atoms with Gasteiger partial charge in [-0.15, -0.1) is 0 Å². The fraction of sp³-hybridized carbons (Fsp3) is 0.103. The Kier molecular flexibility index (Phi) is 6.46. The Morgan fingerprint density at radius 3 is 2.79 bits per heavy atom. The van der Waals surface area contributed by atoms with Crippen LogP contribution in [0.25, 0.3) is 11.1 Å². The number of halogens is 1. The molecule has 0 saturated carbocycles. The van der Waals surface area contributed by atoms with Crippen molar-refractivity contribution in [3.05, 3.63) is 114 Å². The van der Waals surface area contributed by atoms with Gasteiger partial charge in [0.2, 0.25) is 0 Å². The van der Waals surface area contributed by atoms with Crippen molar-refractivity contribution in [1.29, 1.82) is 0 Å². The van der Waals surface area contributed by atoms with Crippen LogP contribution in [0.15, 0.2) is 101 Å². The lowest BCUT2D eigenvalue weighted by molar-refractivity contribution is 0.0996. The number of aromatic nitrogens is 3. The Bertz CT molecular complexity index is 1610. The Balaban J connectivity index is 1.13. The molecule has 0 aliphatic carbocycles. The molecule has 38 heavy (non-hydrogen) atoms. The molecule has 8 nitrogen and oxygen atoms in total. The van der Waals surface area contributed by atoms with E-state index in [4.69, 9.17) is 25.7 Å². The highest BCUT2D eigenvalue weighted by Gasteiger charge is 2.21. The molecule has 0 unspecified atom stereocenters. The van der Waals surface area contributed by atoms with Crippen molar-refractivity contribution in [2.24, 2.45) is 4.99 Å². The van der Waals surface area contributed by atoms with Gasteiger partial charge in [0.15, 0.2) is 11.6 Å². The van der Waals surface area contributed by atoms with E-state index in [0.717, 1.165) is 40.3 Å². The van der Waals surface area contributed by atoms with Gasteiger partial charge in [0, 0.05) is 52.4 Å². The van der Waals surface area contributed by atoms with Crippen LogP contribution in [0.5, 0.6) is 5.75 Å². The van der Waals surface area contributed by atoms with Gasteiger partial charge >= 0.3 is 0 Å². The minimum atomic E-state index is -0.333. The van der Waals surface area contributed by atoms with Crippen LogP contribution in [0.2, 0.25) is 5.02 Å². The zero-order valence-corrected chi connectivity index (χ0v) is 20.9. The summed E-state index contributed by atoms with van der Waals surface area (Å²) in [4.78, 5) is 25.7. The highest BCUT2D eigenvalue weighted by atomic mass is 35.5. The first-order valence-corrected chi connectivity index (χ1v) is 12.4. The van der Waals surface area contributed by atoms with Crippen LogP contribution in [0, 0.1) is 0 Å². The normalized spacial score (nSPS) is 12.2. The zero-order valence-electron chi connectivity index (χ0n) is 20.2. The standard InChI is InChI=1S/C29H22ClN5O3/c30-25-8-5-22(33-29(36)27-2-1-12-38-27)16-24(25)26-15-20-14-21(17-32-28(20)34-26)19-3-6-23(7-4-19)37-13-11-35-10-9-31-18-35/h1-10,12,14,16-18H,11,13,15H2,(H,33,36). The molecule has 0 fully saturated rings. The molecule has 0 saturated heterocycles. The molecule has 0 bridgehead atoms. The fourth-order valence-corrected chi connectivity index (χ4v) is 4.48. The maximum absolute atomic E-state index is 12.4. The Hall–Kier alpha value is -4.69. The third-order valence-electron chi connectivity index (χ3n) is 6.19. The predicted molar refractivity (Wildman–Crippen MR) is 145 cm³/mol. The minimum Gasteiger partial charge on any atom is -0.492 e. The van der Waals surface area contributed by atoms with Crippen molar-refractivity contribution in [2.75, 3.05) is 11.9 Å². The molecule has 6 rings (SSSR count). The molecular weight excluding hydrogens is 502 g/mol. The van der Waals surface area contributed by atoms with Gasteiger partial charge in [-0.3, -0.25) is 4.79 Å². The number of carbonyl (C=O) groups excluding carboxylic acids is 1. The van der Waals surface area contributed by atoms with E-state index in [-0.39, 0.29) is 11.7 Å². The lowest BCUT2D eigenvalue weighted by Crippen LogP contribution is -2.11. The van der Waals surface area contributed by atoms with Crippen molar-refractivity contribution in [3.8, 4) is 16.9 Å². The summed E-state index contributed by atoms with van der Waals surface area (Å²) in [5, 5.41) is 3.39. The number of rotatable bonds is 8. The highest BCUT2D eigenvalue weighted by Crippen LogP contribution is 2.33. The maximum Gasteiger partial charge on any atom is 0.291 e. The van der Waals surface area contributed by atoms with Crippen molar-refractivity contribution in [2.45, 2.75) is 13.0 Å². The number of hydrogen-bond donors (Lipinski definition) is 1. The third kappa shape index (κ3) is 5.07. The van der Waals surface area contributed by atoms with E-state index in [2.05, 4.69) is 21.4 Å². The van der Waals surface area contributed by atoms with Crippen molar-refractivity contribution in [3.63, 3.8) is 0 Å². The predicted octanol–water partition coefficient (Wildman–Crippen LogP) is 6.20. The molecule has 3 aromatic heterocycles. The number of nitrogens with one attached hydrogen (secondary N) is 1. The first-order chi connectivity index (χ1) is 18.6. The molecule has 4 heterocycles. The van der Waals surface area contributed by atoms with E-state index in [1.807, 2.05) is 47.3 Å². The van der Waals surface area contributed by atoms with E-state index in [0.29, 0.717) is 29.6 Å². The molecule has 188 valence electrons. The van der Waals surface area contributed by atoms with E-state index in [9.17, 15) is 4.79 Å². The number of benzene rings is 2. The summed E-state index contributed by atoms with van der Waals surface area (Å²) in [7, 11) is 0. The monoisotopic (exact) mass is 523 g/mol. The summed E-state index contributed by atoms with van der Waals surface area (Å²) in [5.41, 5.74) is 5.20. The van der Waals surface area contributed by atoms with Crippen LogP contribution in [0.4, 0.5) is 11.5 Å². The molecule has 0 spiro atoms. The summed E-state index contributed by atoms with van der Waals surface area (Å²) in [6, 6.07) is 18.7. The second-order valence-electron chi connectivity index (χ2n) is 8.74. The average molecular weight is 524 g/mol. The largest absolute Gasteiger partial charge is 0.492 e. The van der Waals surface area contributed by atoms with Crippen molar-refractivity contribution < 1.29 is 13.9 Å². The number of nitrogens with zero attached hydrogens (tertiary/aromatic N) is 4. The molecular formula is C29H22ClN5O3. The molecule has 9 heteroatoms. The summed E-state index contributed by atoms with van der Waals surface area (Å²) in [6.45, 7) is 1.30. The summed E-state index contributed by atoms with van der Waals surface area (Å²) >= 11 is 6.51. The van der Waals surface area contributed by atoms with Crippen molar-refractivity contribution in [1.82, 2.24) is 14.5 Å². The molecule has 0 atom stereocenters. The van der Waals surface area contributed by atoms with Gasteiger partial charge in [0.05, 0.1) is 24.8 Å². The lowest BCUT2D eigenvalue weighted by atomic mass is 10.0. The second-order valence-corrected chi connectivity index (χ2v) is 9.15. The number of anilines is 1. The van der Waals surface area contributed by atoms with Crippen LogP contribution in [-0.2, 0) is 13.0 Å². The van der Waals surface area contributed by atoms with Crippen LogP contribution < -0.4 is 10.1 Å². The quantitative estimate of drug-likeness (QED) is 0.261. The third-order valence-corrected chi connectivity index (χ3v) is 6.52. The first kappa shape index (κ1) is 23.7. The number of carbonyl (C=O) groups is 1. The minimum absolute atomic E-state index is 0.234. The Labute approximate surface area is 223 Å². The van der Waals surface area contributed by atoms with E-state index in [1.54, 1.807) is 36.8 Å². The van der Waals surface area contributed by atoms with Gasteiger partial charge in [0.1, 0.15) is 12.4 Å². The Morgan fingerprint density at radius 1 is 1.11 bits per heavy atom. The molecule has 1 N–H and O–H groups in total. The number of furan rings is 1. The van der Waals surface area contributed by atoms with E-state index >= 15 is 0 Å². The smallest absolute Gasteiger partial charge is 0.291 e. The first-order valence-electron chi connectivity index (χ1n) is 12.0. The molecule has 5 aromatic rings. The molecule has 1 aliphatic heterocycles. The molecule has 2 aromatic carbocycles. The average Bonchev–Trinajstić information content (AvgIpc) is 3.72. The lowest BCUT2D eigenvalue weighted by Gasteiger charge is -2.09. The highest BCUT2D eigenvalue weighted by molar-refractivity contribution is 6.34. The molecule has 1 aliphatic rings. The van der Waals surface area contributed by atoms with Crippen LogP contribution in [0.1, 0.15) is 21.7 Å². The number of pyridine rings is 1. The van der Waals surface area contributed by atoms with Gasteiger partial charge in [0.25, 0.3) is 5.91 Å². The SMILES string of the molecule is O=C(Nc1ccc(Cl)c(C2=Nc3ncc(-c4ccc(OCCn5ccnc5)cc4)cc3C2)c1)c1ccco1. The topological polar surface area (TPSA) is 94.5 Å². The summed E-state index contributed by atoms with van der Waals surface area (Å²) in [6.07, 6.45) is 9.30. The van der Waals surface area contributed by atoms with E-state index < -0.39 is 0 Å². The fourth-order valence-electron chi connectivity index (χ4n) is 4.25. The maximum atomic E-state index is 12.4. The van der Waals surface area contributed by atoms with Gasteiger partial charge in [-0.2, -0.15) is 0 Å². The van der Waals surface area contributed by atoms with Gasteiger partial charge in [-0.25, -0.2) is 15.0 Å². The van der Waals surface area contributed by atoms with Crippen LogP contribution in [-0.4, -0.2) is 32.8 Å². The second kappa shape index (κ2) is 10.4. The number of ether oxygens (including phenoxy) is 1. The number of hydrogen-bond acceptors (Lipinski definition) is 6. The summed E-state index contributed by atoms with van der Waals surface area (Å²) in [5.74, 6) is 1.38. The van der Waals surface area contributed by atoms with Gasteiger partial charge in [-0.05, 0) is 54.1 Å². The summed E-state index contributed by atoms with van der Waals surface area (Å²) < 4.78 is 13.0. The number of fused-ring (bicyclic) bond motifs is 1. The number of aliphatic imine (C=N–C) groups is 1. The van der Waals surface area contributed by atoms with E-state index in [1.165, 1.54) is 6.26 Å². The number of imidazole rings is 1. The van der Waals surface area contributed by atoms with Gasteiger partial charge in [-0.1, -0.05) is 23.7 Å². The molecule has 0 radical (unpaired) electrons. The van der Waals surface area contributed by atoms with Gasteiger partial charge < -0.3 is 19.0 Å². The number of amides is 1. The molecule has 1 amide bonds. The van der Waals surface area contributed by atoms with Crippen LogP contribution in [0.3, 0.4) is 0 Å². The van der Waals surface area contributed by atoms with Crippen LogP contribution >= 0.6 is 11.6 Å². The zero-order chi connectivity index (χ0) is 25.9. The Morgan fingerprint density at radius 2 is 2.00 bits per heavy atom. The van der Waals surface area contributed by atoms with Crippen molar-refractivity contribution >= 4 is 34.7 Å².